The van der Waals surface area contributed by atoms with Gasteiger partial charge >= 0.3 is 0 Å². The quantitative estimate of drug-likeness (QED) is 0.878. The van der Waals surface area contributed by atoms with Gasteiger partial charge in [-0.2, -0.15) is 0 Å². The van der Waals surface area contributed by atoms with Gasteiger partial charge in [0.05, 0.1) is 39.7 Å². The SMILES string of the molecule is COc1ccc(OC)c(NCC(=O)N2CCC3(CC2)OCCO3)c1. The van der Waals surface area contributed by atoms with Crippen molar-refractivity contribution in [1.29, 1.82) is 0 Å². The standard InChI is InChI=1S/C17H24N2O5/c1-21-13-3-4-15(22-2)14(11-13)18-12-16(20)19-7-5-17(6-8-19)23-9-10-24-17/h3-4,11,18H,5-10,12H2,1-2H3. The zero-order chi connectivity index (χ0) is 17.0. The number of nitrogens with one attached hydrogen (secondary N) is 1. The summed E-state index contributed by atoms with van der Waals surface area (Å²) in [5.41, 5.74) is 0.737. The zero-order valence-corrected chi connectivity index (χ0v) is 14.2. The highest BCUT2D eigenvalue weighted by Crippen LogP contribution is 2.32. The zero-order valence-electron chi connectivity index (χ0n) is 14.2. The number of hydrogen-bond donors (Lipinski definition) is 1. The fourth-order valence-corrected chi connectivity index (χ4v) is 3.12. The average Bonchev–Trinajstić information content (AvgIpc) is 3.08. The Kier molecular flexibility index (Phi) is 5.11. The monoisotopic (exact) mass is 336 g/mol. The molecule has 0 unspecified atom stereocenters. The van der Waals surface area contributed by atoms with Crippen LogP contribution in [0.5, 0.6) is 11.5 Å². The van der Waals surface area contributed by atoms with Crippen molar-refractivity contribution in [3.8, 4) is 11.5 Å². The van der Waals surface area contributed by atoms with Crippen LogP contribution < -0.4 is 14.8 Å². The molecule has 132 valence electrons. The number of benzene rings is 1. The van der Waals surface area contributed by atoms with Gasteiger partial charge in [0.15, 0.2) is 5.79 Å². The van der Waals surface area contributed by atoms with Gasteiger partial charge in [0.2, 0.25) is 5.91 Å². The van der Waals surface area contributed by atoms with E-state index in [0.717, 1.165) is 18.5 Å². The topological polar surface area (TPSA) is 69.3 Å². The van der Waals surface area contributed by atoms with E-state index in [1.807, 2.05) is 23.1 Å². The maximum absolute atomic E-state index is 12.4. The summed E-state index contributed by atoms with van der Waals surface area (Å²) in [6, 6.07) is 5.44. The number of ether oxygens (including phenoxy) is 4. The number of methoxy groups -OCH3 is 2. The smallest absolute Gasteiger partial charge is 0.241 e. The lowest BCUT2D eigenvalue weighted by Crippen LogP contribution is -2.48. The van der Waals surface area contributed by atoms with E-state index < -0.39 is 5.79 Å². The second kappa shape index (κ2) is 7.27. The molecule has 2 aliphatic heterocycles. The van der Waals surface area contributed by atoms with Crippen molar-refractivity contribution < 1.29 is 23.7 Å². The number of carbonyl (C=O) groups is 1. The van der Waals surface area contributed by atoms with Crippen LogP contribution in [0.15, 0.2) is 18.2 Å². The van der Waals surface area contributed by atoms with Gasteiger partial charge in [-0.25, -0.2) is 0 Å². The van der Waals surface area contributed by atoms with Gasteiger partial charge in [0, 0.05) is 32.0 Å². The Labute approximate surface area is 141 Å². The van der Waals surface area contributed by atoms with Crippen molar-refractivity contribution in [3.05, 3.63) is 18.2 Å². The third-order valence-electron chi connectivity index (χ3n) is 4.53. The molecule has 0 radical (unpaired) electrons. The van der Waals surface area contributed by atoms with E-state index in [4.69, 9.17) is 18.9 Å². The van der Waals surface area contributed by atoms with E-state index in [-0.39, 0.29) is 12.5 Å². The second-order valence-corrected chi connectivity index (χ2v) is 5.91. The second-order valence-electron chi connectivity index (χ2n) is 5.91. The highest BCUT2D eigenvalue weighted by Gasteiger charge is 2.40. The Morgan fingerprint density at radius 3 is 2.54 bits per heavy atom. The summed E-state index contributed by atoms with van der Waals surface area (Å²) >= 11 is 0. The minimum absolute atomic E-state index is 0.0488. The molecule has 1 spiro atoms. The first-order chi connectivity index (χ1) is 11.7. The lowest BCUT2D eigenvalue weighted by Gasteiger charge is -2.37. The number of likely N-dealkylation sites (tertiary alicyclic amines) is 1. The minimum Gasteiger partial charge on any atom is -0.497 e. The molecule has 2 aliphatic rings. The van der Waals surface area contributed by atoms with Gasteiger partial charge in [-0.05, 0) is 12.1 Å². The maximum Gasteiger partial charge on any atom is 0.241 e. The van der Waals surface area contributed by atoms with Crippen LogP contribution in [0.25, 0.3) is 0 Å². The van der Waals surface area contributed by atoms with Crippen LogP contribution in [0.2, 0.25) is 0 Å². The maximum atomic E-state index is 12.4. The minimum atomic E-state index is -0.458. The fourth-order valence-electron chi connectivity index (χ4n) is 3.12. The predicted molar refractivity (Wildman–Crippen MR) is 88.5 cm³/mol. The van der Waals surface area contributed by atoms with E-state index in [9.17, 15) is 4.79 Å². The summed E-state index contributed by atoms with van der Waals surface area (Å²) in [5, 5.41) is 3.14. The third-order valence-corrected chi connectivity index (χ3v) is 4.53. The van der Waals surface area contributed by atoms with Gasteiger partial charge in [0.1, 0.15) is 11.5 Å². The molecule has 24 heavy (non-hydrogen) atoms. The van der Waals surface area contributed by atoms with Crippen molar-refractivity contribution >= 4 is 11.6 Å². The Hall–Kier alpha value is -1.99. The highest BCUT2D eigenvalue weighted by molar-refractivity contribution is 5.81. The van der Waals surface area contributed by atoms with Gasteiger partial charge in [-0.1, -0.05) is 0 Å². The molecule has 1 aromatic rings. The predicted octanol–water partition coefficient (Wildman–Crippen LogP) is 1.48. The molecule has 7 heteroatoms. The number of anilines is 1. The summed E-state index contributed by atoms with van der Waals surface area (Å²) in [6.45, 7) is 2.79. The van der Waals surface area contributed by atoms with Crippen LogP contribution in [0.1, 0.15) is 12.8 Å². The van der Waals surface area contributed by atoms with Crippen LogP contribution in [0.3, 0.4) is 0 Å². The first-order valence-electron chi connectivity index (χ1n) is 8.17. The molecule has 0 atom stereocenters. The van der Waals surface area contributed by atoms with E-state index >= 15 is 0 Å². The van der Waals surface area contributed by atoms with Crippen molar-refractivity contribution in [2.75, 3.05) is 52.4 Å². The summed E-state index contributed by atoms with van der Waals surface area (Å²) in [4.78, 5) is 14.3. The molecule has 0 aromatic heterocycles. The molecular formula is C17H24N2O5. The summed E-state index contributed by atoms with van der Waals surface area (Å²) in [7, 11) is 3.20. The largest absolute Gasteiger partial charge is 0.497 e. The summed E-state index contributed by atoms with van der Waals surface area (Å²) < 4.78 is 21.9. The third kappa shape index (κ3) is 3.57. The lowest BCUT2D eigenvalue weighted by molar-refractivity contribution is -0.187. The Bertz CT molecular complexity index is 576. The molecule has 2 heterocycles. The molecule has 1 aromatic carbocycles. The molecule has 2 fully saturated rings. The number of amides is 1. The first kappa shape index (κ1) is 16.9. The van der Waals surface area contributed by atoms with E-state index in [2.05, 4.69) is 5.32 Å². The van der Waals surface area contributed by atoms with Crippen LogP contribution in [-0.2, 0) is 14.3 Å². The summed E-state index contributed by atoms with van der Waals surface area (Å²) in [5.74, 6) is 0.975. The van der Waals surface area contributed by atoms with Gasteiger partial charge < -0.3 is 29.2 Å². The molecule has 1 amide bonds. The summed E-state index contributed by atoms with van der Waals surface area (Å²) in [6.07, 6.45) is 1.45. The molecule has 2 saturated heterocycles. The van der Waals surface area contributed by atoms with Crippen LogP contribution in [0.4, 0.5) is 5.69 Å². The molecule has 7 nitrogen and oxygen atoms in total. The Morgan fingerprint density at radius 2 is 1.92 bits per heavy atom. The number of piperidine rings is 1. The van der Waals surface area contributed by atoms with Crippen molar-refractivity contribution in [3.63, 3.8) is 0 Å². The van der Waals surface area contributed by atoms with Crippen molar-refractivity contribution in [2.45, 2.75) is 18.6 Å². The van der Waals surface area contributed by atoms with Crippen LogP contribution in [0, 0.1) is 0 Å². The van der Waals surface area contributed by atoms with Crippen molar-refractivity contribution in [2.24, 2.45) is 0 Å². The number of carbonyl (C=O) groups excluding carboxylic acids is 1. The average molecular weight is 336 g/mol. The Morgan fingerprint density at radius 1 is 1.21 bits per heavy atom. The Balaban J connectivity index is 1.54. The lowest BCUT2D eigenvalue weighted by atomic mass is 10.0. The first-order valence-corrected chi connectivity index (χ1v) is 8.17. The van der Waals surface area contributed by atoms with Gasteiger partial charge in [0.25, 0.3) is 0 Å². The molecular weight excluding hydrogens is 312 g/mol. The molecule has 0 aliphatic carbocycles. The van der Waals surface area contributed by atoms with Crippen LogP contribution in [-0.4, -0.2) is 63.7 Å². The molecule has 3 rings (SSSR count). The molecule has 1 N–H and O–H groups in total. The fraction of sp³-hybridized carbons (Fsp3) is 0.588. The molecule has 0 bridgehead atoms. The molecule has 0 saturated carbocycles. The number of hydrogen-bond acceptors (Lipinski definition) is 6. The highest BCUT2D eigenvalue weighted by atomic mass is 16.7. The van der Waals surface area contributed by atoms with Crippen LogP contribution >= 0.6 is 0 Å². The normalized spacial score (nSPS) is 19.3. The number of nitrogens with zero attached hydrogens (tertiary/aromatic N) is 1. The van der Waals surface area contributed by atoms with Gasteiger partial charge in [-0.15, -0.1) is 0 Å². The van der Waals surface area contributed by atoms with Crippen molar-refractivity contribution in [1.82, 2.24) is 4.90 Å². The van der Waals surface area contributed by atoms with E-state index in [1.165, 1.54) is 0 Å². The van der Waals surface area contributed by atoms with Gasteiger partial charge in [-0.3, -0.25) is 4.79 Å². The van der Waals surface area contributed by atoms with E-state index in [0.29, 0.717) is 37.8 Å². The van der Waals surface area contributed by atoms with E-state index in [1.54, 1.807) is 14.2 Å². The number of rotatable bonds is 5.